The lowest BCUT2D eigenvalue weighted by atomic mass is 9.74. The second-order valence-corrected chi connectivity index (χ2v) is 7.09. The van der Waals surface area contributed by atoms with Crippen molar-refractivity contribution in [2.75, 3.05) is 6.61 Å². The van der Waals surface area contributed by atoms with Crippen LogP contribution >= 0.6 is 0 Å². The second kappa shape index (κ2) is 6.73. The summed E-state index contributed by atoms with van der Waals surface area (Å²) in [6.45, 7) is 7.16. The van der Waals surface area contributed by atoms with E-state index in [2.05, 4.69) is 51.1 Å². The van der Waals surface area contributed by atoms with Crippen molar-refractivity contribution in [2.24, 2.45) is 11.7 Å². The minimum absolute atomic E-state index is 0.0441. The van der Waals surface area contributed by atoms with Crippen molar-refractivity contribution in [3.05, 3.63) is 35.9 Å². The van der Waals surface area contributed by atoms with Crippen molar-refractivity contribution >= 4 is 0 Å². The molecule has 0 aliphatic heterocycles. The van der Waals surface area contributed by atoms with Crippen molar-refractivity contribution in [3.63, 3.8) is 0 Å². The Morgan fingerprint density at radius 2 is 1.85 bits per heavy atom. The Bertz CT molecular complexity index is 396. The van der Waals surface area contributed by atoms with Crippen LogP contribution in [0.1, 0.15) is 57.9 Å². The van der Waals surface area contributed by atoms with Gasteiger partial charge in [-0.05, 0) is 63.9 Å². The van der Waals surface area contributed by atoms with Gasteiger partial charge in [0.15, 0.2) is 0 Å². The molecule has 2 heteroatoms. The van der Waals surface area contributed by atoms with Crippen LogP contribution in [0.2, 0.25) is 0 Å². The monoisotopic (exact) mass is 275 g/mol. The maximum Gasteiger partial charge on any atom is 0.0598 e. The fraction of sp³-hybridized carbons (Fsp3) is 0.667. The number of benzene rings is 1. The predicted molar refractivity (Wildman–Crippen MR) is 84.8 cm³/mol. The van der Waals surface area contributed by atoms with Gasteiger partial charge < -0.3 is 10.5 Å². The van der Waals surface area contributed by atoms with Crippen molar-refractivity contribution in [1.29, 1.82) is 0 Å². The van der Waals surface area contributed by atoms with Crippen LogP contribution in [0.3, 0.4) is 0 Å². The average molecular weight is 275 g/mol. The first-order valence-corrected chi connectivity index (χ1v) is 7.90. The molecule has 1 aromatic rings. The molecule has 112 valence electrons. The standard InChI is InChI=1S/C18H29NO/c1-18(2,3)20-12-11-16-13-15(9-10-17(16)19)14-7-5-4-6-8-14/h4-8,15-17H,9-13,19H2,1-3H3. The van der Waals surface area contributed by atoms with E-state index in [0.29, 0.717) is 17.9 Å². The Morgan fingerprint density at radius 1 is 1.15 bits per heavy atom. The van der Waals surface area contributed by atoms with Crippen molar-refractivity contribution in [2.45, 2.75) is 64.0 Å². The second-order valence-electron chi connectivity index (χ2n) is 7.09. The highest BCUT2D eigenvalue weighted by Gasteiger charge is 2.29. The molecule has 0 saturated heterocycles. The summed E-state index contributed by atoms with van der Waals surface area (Å²) in [6, 6.07) is 11.2. The van der Waals surface area contributed by atoms with Gasteiger partial charge >= 0.3 is 0 Å². The van der Waals surface area contributed by atoms with Gasteiger partial charge in [-0.3, -0.25) is 0 Å². The van der Waals surface area contributed by atoms with E-state index in [-0.39, 0.29) is 5.60 Å². The molecule has 0 heterocycles. The van der Waals surface area contributed by atoms with Gasteiger partial charge in [0.2, 0.25) is 0 Å². The van der Waals surface area contributed by atoms with Crippen molar-refractivity contribution in [1.82, 2.24) is 0 Å². The fourth-order valence-electron chi connectivity index (χ4n) is 3.16. The Hall–Kier alpha value is -0.860. The molecule has 20 heavy (non-hydrogen) atoms. The quantitative estimate of drug-likeness (QED) is 0.897. The summed E-state index contributed by atoms with van der Waals surface area (Å²) < 4.78 is 5.87. The largest absolute Gasteiger partial charge is 0.376 e. The third-order valence-electron chi connectivity index (χ3n) is 4.34. The van der Waals surface area contributed by atoms with Gasteiger partial charge in [0.05, 0.1) is 5.60 Å². The first-order chi connectivity index (χ1) is 9.46. The van der Waals surface area contributed by atoms with Gasteiger partial charge in [-0.25, -0.2) is 0 Å². The zero-order valence-electron chi connectivity index (χ0n) is 13.1. The van der Waals surface area contributed by atoms with E-state index in [1.54, 1.807) is 0 Å². The van der Waals surface area contributed by atoms with Gasteiger partial charge in [-0.1, -0.05) is 30.3 Å². The number of ether oxygens (including phenoxy) is 1. The summed E-state index contributed by atoms with van der Waals surface area (Å²) in [5, 5.41) is 0. The van der Waals surface area contributed by atoms with Gasteiger partial charge in [-0.15, -0.1) is 0 Å². The van der Waals surface area contributed by atoms with E-state index < -0.39 is 0 Å². The SMILES string of the molecule is CC(C)(C)OCCC1CC(c2ccccc2)CCC1N. The number of hydrogen-bond donors (Lipinski definition) is 1. The Balaban J connectivity index is 1.88. The molecular formula is C18H29NO. The van der Waals surface area contributed by atoms with Crippen LogP contribution in [0.25, 0.3) is 0 Å². The Labute approximate surface area is 123 Å². The lowest BCUT2D eigenvalue weighted by molar-refractivity contribution is -0.0125. The van der Waals surface area contributed by atoms with E-state index in [1.807, 2.05) is 0 Å². The summed E-state index contributed by atoms with van der Waals surface area (Å²) in [6.07, 6.45) is 4.65. The molecule has 2 rings (SSSR count). The van der Waals surface area contributed by atoms with E-state index >= 15 is 0 Å². The van der Waals surface area contributed by atoms with Gasteiger partial charge in [0.25, 0.3) is 0 Å². The summed E-state index contributed by atoms with van der Waals surface area (Å²) >= 11 is 0. The lowest BCUT2D eigenvalue weighted by Crippen LogP contribution is -2.36. The van der Waals surface area contributed by atoms with Crippen LogP contribution in [0, 0.1) is 5.92 Å². The first kappa shape index (κ1) is 15.5. The number of nitrogens with two attached hydrogens (primary N) is 1. The van der Waals surface area contributed by atoms with Crippen LogP contribution in [-0.2, 0) is 4.74 Å². The van der Waals surface area contributed by atoms with E-state index in [0.717, 1.165) is 19.4 Å². The smallest absolute Gasteiger partial charge is 0.0598 e. The van der Waals surface area contributed by atoms with E-state index in [9.17, 15) is 0 Å². The van der Waals surface area contributed by atoms with Gasteiger partial charge in [0.1, 0.15) is 0 Å². The highest BCUT2D eigenvalue weighted by atomic mass is 16.5. The molecule has 1 fully saturated rings. The van der Waals surface area contributed by atoms with Crippen LogP contribution in [0.15, 0.2) is 30.3 Å². The van der Waals surface area contributed by atoms with Crippen LogP contribution < -0.4 is 5.73 Å². The molecule has 0 aromatic heterocycles. The fourth-order valence-corrected chi connectivity index (χ4v) is 3.16. The van der Waals surface area contributed by atoms with E-state index in [4.69, 9.17) is 10.5 Å². The molecule has 2 nitrogen and oxygen atoms in total. The normalized spacial score (nSPS) is 27.5. The zero-order chi connectivity index (χ0) is 14.6. The number of rotatable bonds is 4. The Kier molecular flexibility index (Phi) is 5.22. The number of hydrogen-bond acceptors (Lipinski definition) is 2. The van der Waals surface area contributed by atoms with Gasteiger partial charge in [0, 0.05) is 12.6 Å². The summed E-state index contributed by atoms with van der Waals surface area (Å²) in [5.74, 6) is 1.27. The summed E-state index contributed by atoms with van der Waals surface area (Å²) in [5.41, 5.74) is 7.74. The maximum absolute atomic E-state index is 6.31. The molecule has 2 N–H and O–H groups in total. The van der Waals surface area contributed by atoms with Crippen molar-refractivity contribution in [3.8, 4) is 0 Å². The highest BCUT2D eigenvalue weighted by molar-refractivity contribution is 5.20. The minimum atomic E-state index is -0.0441. The first-order valence-electron chi connectivity index (χ1n) is 7.90. The average Bonchev–Trinajstić information content (AvgIpc) is 2.40. The molecule has 1 aromatic carbocycles. The molecule has 3 unspecified atom stereocenters. The molecule has 0 spiro atoms. The molecule has 0 radical (unpaired) electrons. The zero-order valence-corrected chi connectivity index (χ0v) is 13.1. The van der Waals surface area contributed by atoms with Gasteiger partial charge in [-0.2, -0.15) is 0 Å². The topological polar surface area (TPSA) is 35.2 Å². The maximum atomic E-state index is 6.31. The summed E-state index contributed by atoms with van der Waals surface area (Å²) in [7, 11) is 0. The molecular weight excluding hydrogens is 246 g/mol. The third kappa shape index (κ3) is 4.60. The van der Waals surface area contributed by atoms with Crippen LogP contribution in [-0.4, -0.2) is 18.2 Å². The van der Waals surface area contributed by atoms with Crippen LogP contribution in [0.4, 0.5) is 0 Å². The van der Waals surface area contributed by atoms with Crippen LogP contribution in [0.5, 0.6) is 0 Å². The molecule has 3 atom stereocenters. The predicted octanol–water partition coefficient (Wildman–Crippen LogP) is 4.10. The molecule has 1 aliphatic carbocycles. The Morgan fingerprint density at radius 3 is 2.50 bits per heavy atom. The minimum Gasteiger partial charge on any atom is -0.376 e. The molecule has 1 aliphatic rings. The van der Waals surface area contributed by atoms with Crippen molar-refractivity contribution < 1.29 is 4.74 Å². The highest BCUT2D eigenvalue weighted by Crippen LogP contribution is 2.37. The third-order valence-corrected chi connectivity index (χ3v) is 4.34. The molecule has 0 amide bonds. The summed E-state index contributed by atoms with van der Waals surface area (Å²) in [4.78, 5) is 0. The molecule has 1 saturated carbocycles. The molecule has 0 bridgehead atoms. The lowest BCUT2D eigenvalue weighted by Gasteiger charge is -2.35. The van der Waals surface area contributed by atoms with E-state index in [1.165, 1.54) is 18.4 Å².